The topological polar surface area (TPSA) is 99.3 Å². The molecule has 0 atom stereocenters. The van der Waals surface area contributed by atoms with Crippen molar-refractivity contribution >= 4 is 40.3 Å². The summed E-state index contributed by atoms with van der Waals surface area (Å²) < 4.78 is 7.61. The Labute approximate surface area is 186 Å². The van der Waals surface area contributed by atoms with Crippen molar-refractivity contribution in [2.45, 2.75) is 5.03 Å². The lowest BCUT2D eigenvalue weighted by atomic mass is 10.2. The van der Waals surface area contributed by atoms with Crippen LogP contribution in [0.3, 0.4) is 0 Å². The van der Waals surface area contributed by atoms with Crippen molar-refractivity contribution in [3.8, 4) is 11.4 Å². The maximum Gasteiger partial charge on any atom is 0.332 e. The first kappa shape index (κ1) is 21.5. The molecule has 11 heteroatoms. The number of carbonyl (C=O) groups excluding carboxylic acids is 1. The van der Waals surface area contributed by atoms with Crippen LogP contribution in [0.4, 0.5) is 0 Å². The van der Waals surface area contributed by atoms with Crippen LogP contribution in [0.15, 0.2) is 38.9 Å². The van der Waals surface area contributed by atoms with Gasteiger partial charge in [0.15, 0.2) is 11.5 Å². The van der Waals surface area contributed by atoms with Crippen LogP contribution in [0.25, 0.3) is 22.4 Å². The molecule has 1 aromatic carbocycles. The standard InChI is InChI=1S/C20H20ClN5O4S/c1-24-17-15(19(28)25(2)20(24)29)18(31-11-14(27)26-6-8-30-9-7-26)23-16(22-17)12-4-3-5-13(21)10-12/h3-5,10H,6-9,11H2,1-2H3. The average molecular weight is 462 g/mol. The Morgan fingerprint density at radius 2 is 1.90 bits per heavy atom. The molecular formula is C20H20ClN5O4S. The van der Waals surface area contributed by atoms with E-state index < -0.39 is 11.2 Å². The van der Waals surface area contributed by atoms with Crippen LogP contribution < -0.4 is 11.2 Å². The van der Waals surface area contributed by atoms with Gasteiger partial charge in [-0.15, -0.1) is 0 Å². The van der Waals surface area contributed by atoms with E-state index in [1.807, 2.05) is 0 Å². The number of rotatable bonds is 4. The maximum atomic E-state index is 12.9. The van der Waals surface area contributed by atoms with E-state index in [4.69, 9.17) is 16.3 Å². The fraction of sp³-hybridized carbons (Fsp3) is 0.350. The van der Waals surface area contributed by atoms with E-state index in [1.54, 1.807) is 36.2 Å². The maximum absolute atomic E-state index is 12.9. The average Bonchev–Trinajstić information content (AvgIpc) is 2.79. The quantitative estimate of drug-likeness (QED) is 0.426. The van der Waals surface area contributed by atoms with Crippen LogP contribution in [0.5, 0.6) is 0 Å². The number of thioether (sulfide) groups is 1. The van der Waals surface area contributed by atoms with Crippen LogP contribution in [0.2, 0.25) is 5.02 Å². The predicted octanol–water partition coefficient (Wildman–Crippen LogP) is 1.30. The molecular weight excluding hydrogens is 442 g/mol. The minimum absolute atomic E-state index is 0.0639. The van der Waals surface area contributed by atoms with Gasteiger partial charge >= 0.3 is 5.69 Å². The lowest BCUT2D eigenvalue weighted by Gasteiger charge is -2.26. The Morgan fingerprint density at radius 3 is 2.61 bits per heavy atom. The number of carbonyl (C=O) groups is 1. The van der Waals surface area contributed by atoms with Crippen molar-refractivity contribution in [1.82, 2.24) is 24.0 Å². The molecule has 0 radical (unpaired) electrons. The predicted molar refractivity (Wildman–Crippen MR) is 119 cm³/mol. The smallest absolute Gasteiger partial charge is 0.332 e. The number of ether oxygens (including phenoxy) is 1. The minimum Gasteiger partial charge on any atom is -0.378 e. The largest absolute Gasteiger partial charge is 0.378 e. The lowest BCUT2D eigenvalue weighted by Crippen LogP contribution is -2.41. The van der Waals surface area contributed by atoms with Crippen molar-refractivity contribution in [3.05, 3.63) is 50.1 Å². The summed E-state index contributed by atoms with van der Waals surface area (Å²) in [6, 6.07) is 6.99. The summed E-state index contributed by atoms with van der Waals surface area (Å²) in [5.41, 5.74) is -0.145. The third kappa shape index (κ3) is 4.23. The lowest BCUT2D eigenvalue weighted by molar-refractivity contribution is -0.132. The molecule has 0 unspecified atom stereocenters. The van der Waals surface area contributed by atoms with E-state index in [0.717, 1.165) is 16.3 Å². The molecule has 162 valence electrons. The van der Waals surface area contributed by atoms with Gasteiger partial charge in [0.05, 0.1) is 19.0 Å². The second kappa shape index (κ2) is 8.81. The Morgan fingerprint density at radius 1 is 1.16 bits per heavy atom. The normalized spacial score (nSPS) is 14.2. The monoisotopic (exact) mass is 461 g/mol. The van der Waals surface area contributed by atoms with Crippen LogP contribution in [0, 0.1) is 0 Å². The van der Waals surface area contributed by atoms with E-state index in [0.29, 0.717) is 47.7 Å². The summed E-state index contributed by atoms with van der Waals surface area (Å²) in [7, 11) is 2.95. The van der Waals surface area contributed by atoms with Crippen molar-refractivity contribution in [2.75, 3.05) is 32.1 Å². The number of hydrogen-bond acceptors (Lipinski definition) is 7. The van der Waals surface area contributed by atoms with Gasteiger partial charge in [-0.3, -0.25) is 18.7 Å². The first-order chi connectivity index (χ1) is 14.9. The second-order valence-corrected chi connectivity index (χ2v) is 8.45. The third-order valence-electron chi connectivity index (χ3n) is 5.05. The summed E-state index contributed by atoms with van der Waals surface area (Å²) in [6.07, 6.45) is 0. The van der Waals surface area contributed by atoms with E-state index in [9.17, 15) is 14.4 Å². The van der Waals surface area contributed by atoms with Crippen molar-refractivity contribution < 1.29 is 9.53 Å². The molecule has 0 saturated carbocycles. The zero-order valence-electron chi connectivity index (χ0n) is 17.0. The number of benzene rings is 1. The van der Waals surface area contributed by atoms with Gasteiger partial charge in [0.1, 0.15) is 10.4 Å². The first-order valence-electron chi connectivity index (χ1n) is 9.59. The van der Waals surface area contributed by atoms with E-state index in [1.165, 1.54) is 11.6 Å². The molecule has 1 amide bonds. The number of morpholine rings is 1. The van der Waals surface area contributed by atoms with Gasteiger partial charge < -0.3 is 9.64 Å². The van der Waals surface area contributed by atoms with Crippen LogP contribution >= 0.6 is 23.4 Å². The number of nitrogens with zero attached hydrogens (tertiary/aromatic N) is 5. The van der Waals surface area contributed by atoms with Crippen molar-refractivity contribution in [2.24, 2.45) is 14.1 Å². The Bertz CT molecular complexity index is 1280. The zero-order chi connectivity index (χ0) is 22.1. The fourth-order valence-electron chi connectivity index (χ4n) is 3.32. The zero-order valence-corrected chi connectivity index (χ0v) is 18.6. The van der Waals surface area contributed by atoms with Gasteiger partial charge in [-0.2, -0.15) is 0 Å². The molecule has 4 rings (SSSR count). The minimum atomic E-state index is -0.503. The summed E-state index contributed by atoms with van der Waals surface area (Å²) in [6.45, 7) is 2.09. The van der Waals surface area contributed by atoms with Crippen LogP contribution in [0.1, 0.15) is 0 Å². The Hall–Kier alpha value is -2.69. The number of aryl methyl sites for hydroxylation is 1. The molecule has 0 aliphatic carbocycles. The SMILES string of the molecule is Cn1c(=O)c2c(SCC(=O)N3CCOCC3)nc(-c3cccc(Cl)c3)nc2n(C)c1=O. The second-order valence-electron chi connectivity index (χ2n) is 7.05. The molecule has 3 aromatic rings. The molecule has 0 bridgehead atoms. The summed E-state index contributed by atoms with van der Waals surface area (Å²) >= 11 is 7.27. The van der Waals surface area contributed by atoms with Gasteiger partial charge in [0.2, 0.25) is 5.91 Å². The molecule has 1 aliphatic heterocycles. The highest BCUT2D eigenvalue weighted by atomic mass is 35.5. The molecule has 1 fully saturated rings. The van der Waals surface area contributed by atoms with Gasteiger partial charge in [0.25, 0.3) is 5.56 Å². The summed E-state index contributed by atoms with van der Waals surface area (Å²) in [4.78, 5) is 48.8. The molecule has 0 spiro atoms. The number of hydrogen-bond donors (Lipinski definition) is 0. The van der Waals surface area contributed by atoms with Crippen molar-refractivity contribution in [3.63, 3.8) is 0 Å². The van der Waals surface area contributed by atoms with Gasteiger partial charge in [0, 0.05) is 37.8 Å². The number of amides is 1. The van der Waals surface area contributed by atoms with Crippen molar-refractivity contribution in [1.29, 1.82) is 0 Å². The molecule has 1 aliphatic rings. The highest BCUT2D eigenvalue weighted by Crippen LogP contribution is 2.27. The van der Waals surface area contributed by atoms with Gasteiger partial charge in [-0.25, -0.2) is 14.8 Å². The van der Waals surface area contributed by atoms with Gasteiger partial charge in [-0.05, 0) is 12.1 Å². The molecule has 9 nitrogen and oxygen atoms in total. The van der Waals surface area contributed by atoms with E-state index in [-0.39, 0.29) is 22.7 Å². The number of halogens is 1. The first-order valence-corrected chi connectivity index (χ1v) is 10.9. The highest BCUT2D eigenvalue weighted by Gasteiger charge is 2.21. The molecule has 1 saturated heterocycles. The highest BCUT2D eigenvalue weighted by molar-refractivity contribution is 8.00. The fourth-order valence-corrected chi connectivity index (χ4v) is 4.43. The van der Waals surface area contributed by atoms with Crippen LogP contribution in [-0.4, -0.2) is 62.0 Å². The summed E-state index contributed by atoms with van der Waals surface area (Å²) in [5, 5.41) is 1.06. The third-order valence-corrected chi connectivity index (χ3v) is 6.24. The Kier molecular flexibility index (Phi) is 6.12. The van der Waals surface area contributed by atoms with Crippen LogP contribution in [-0.2, 0) is 23.6 Å². The summed E-state index contributed by atoms with van der Waals surface area (Å²) in [5.74, 6) is 0.359. The molecule has 31 heavy (non-hydrogen) atoms. The Balaban J connectivity index is 1.82. The van der Waals surface area contributed by atoms with Gasteiger partial charge in [-0.1, -0.05) is 35.5 Å². The molecule has 2 aromatic heterocycles. The number of aromatic nitrogens is 4. The van der Waals surface area contributed by atoms with E-state index >= 15 is 0 Å². The molecule has 0 N–H and O–H groups in total. The number of fused-ring (bicyclic) bond motifs is 1. The molecule has 3 heterocycles. The van der Waals surface area contributed by atoms with E-state index in [2.05, 4.69) is 9.97 Å².